The lowest BCUT2D eigenvalue weighted by Gasteiger charge is -2.26. The molecule has 2 atom stereocenters. The Morgan fingerprint density at radius 1 is 0.957 bits per heavy atom. The maximum atomic E-state index is 14.0. The molecule has 2 N–H and O–H groups in total. The average Bonchev–Trinajstić information content (AvgIpc) is 3.72. The predicted molar refractivity (Wildman–Crippen MR) is 178 cm³/mol. The van der Waals surface area contributed by atoms with E-state index in [9.17, 15) is 19.2 Å². The molecule has 1 aliphatic carbocycles. The van der Waals surface area contributed by atoms with Gasteiger partial charge < -0.3 is 20.1 Å². The highest BCUT2D eigenvalue weighted by molar-refractivity contribution is 6.10. The van der Waals surface area contributed by atoms with Gasteiger partial charge in [0.2, 0.25) is 17.7 Å². The molecule has 246 valence electrons. The summed E-state index contributed by atoms with van der Waals surface area (Å²) in [5, 5.41) is 11.7. The zero-order valence-corrected chi connectivity index (χ0v) is 27.3. The highest BCUT2D eigenvalue weighted by atomic mass is 16.2. The van der Waals surface area contributed by atoms with Gasteiger partial charge in [-0.25, -0.2) is 9.67 Å². The smallest absolute Gasteiger partial charge is 0.243 e. The molecule has 0 saturated heterocycles. The molecule has 3 heterocycles. The molecule has 3 amide bonds. The van der Waals surface area contributed by atoms with E-state index in [1.807, 2.05) is 86.1 Å². The molecule has 0 unspecified atom stereocenters. The second kappa shape index (κ2) is 13.9. The number of amides is 3. The van der Waals surface area contributed by atoms with Gasteiger partial charge in [-0.1, -0.05) is 62.4 Å². The highest BCUT2D eigenvalue weighted by Gasteiger charge is 2.33. The summed E-state index contributed by atoms with van der Waals surface area (Å²) in [5.74, 6) is 0.892. The van der Waals surface area contributed by atoms with Crippen LogP contribution in [0.25, 0.3) is 22.3 Å². The van der Waals surface area contributed by atoms with E-state index in [0.717, 1.165) is 29.3 Å². The van der Waals surface area contributed by atoms with Crippen LogP contribution in [0.4, 0.5) is 0 Å². The van der Waals surface area contributed by atoms with Crippen LogP contribution in [0, 0.1) is 11.8 Å². The Balaban J connectivity index is 1.29. The predicted octanol–water partition coefficient (Wildman–Crippen LogP) is 4.52. The number of Topliss-reactive ketones (excluding diaryl/α,β-unsaturated/α-hetero) is 1. The first kappa shape index (κ1) is 32.2. The molecule has 0 bridgehead atoms. The third-order valence-corrected chi connectivity index (χ3v) is 8.91. The minimum Gasteiger partial charge on any atom is -0.345 e. The lowest BCUT2D eigenvalue weighted by Crippen LogP contribution is -2.48. The van der Waals surface area contributed by atoms with Gasteiger partial charge in [0.05, 0.1) is 12.6 Å². The first-order valence-electron chi connectivity index (χ1n) is 16.7. The second-order valence-corrected chi connectivity index (χ2v) is 13.2. The molecule has 2 aliphatic rings. The van der Waals surface area contributed by atoms with Crippen LogP contribution in [-0.2, 0) is 27.5 Å². The van der Waals surface area contributed by atoms with Crippen molar-refractivity contribution >= 4 is 34.4 Å². The van der Waals surface area contributed by atoms with Crippen molar-refractivity contribution in [3.63, 3.8) is 0 Å². The van der Waals surface area contributed by atoms with Gasteiger partial charge in [-0.15, -0.1) is 0 Å². The van der Waals surface area contributed by atoms with Crippen molar-refractivity contribution in [2.45, 2.75) is 78.0 Å². The third kappa shape index (κ3) is 7.45. The molecule has 11 nitrogen and oxygen atoms in total. The summed E-state index contributed by atoms with van der Waals surface area (Å²) in [6.07, 6.45) is 4.75. The number of nitrogens with zero attached hydrogens (tertiary/aromatic N) is 5. The number of aromatic nitrogens is 4. The normalized spacial score (nSPS) is 19.6. The van der Waals surface area contributed by atoms with Gasteiger partial charge in [-0.3, -0.25) is 19.2 Å². The first-order chi connectivity index (χ1) is 22.7. The Kier molecular flexibility index (Phi) is 9.51. The van der Waals surface area contributed by atoms with Gasteiger partial charge in [0.1, 0.15) is 18.4 Å². The topological polar surface area (TPSA) is 131 Å². The van der Waals surface area contributed by atoms with Crippen molar-refractivity contribution in [2.75, 3.05) is 13.1 Å². The third-order valence-electron chi connectivity index (χ3n) is 8.91. The molecule has 6 rings (SSSR count). The highest BCUT2D eigenvalue weighted by Crippen LogP contribution is 2.35. The summed E-state index contributed by atoms with van der Waals surface area (Å²) in [5.41, 5.74) is 2.36. The zero-order valence-electron chi connectivity index (χ0n) is 27.3. The lowest BCUT2D eigenvalue weighted by atomic mass is 10.0. The minimum atomic E-state index is -0.690. The van der Waals surface area contributed by atoms with Gasteiger partial charge in [0.15, 0.2) is 11.6 Å². The standard InChI is InChI=1S/C36H43N7O4/c1-23(2)20-29-36(47)37-24(3)35-39-34(26-10-5-4-6-11-26)40-43(35)19-18-41(17-9-14-31(44)38-29)32(45)22-42-21-28(33(46)25-15-16-25)27-12-7-8-13-30(27)42/h4-8,10-13,21,23-25,29H,9,14-20,22H2,1-3H3,(H,37,47)(H,38,44)/t24-,29-/m1/s1. The fourth-order valence-corrected chi connectivity index (χ4v) is 6.29. The van der Waals surface area contributed by atoms with Crippen molar-refractivity contribution in [1.82, 2.24) is 34.9 Å². The molecule has 0 spiro atoms. The van der Waals surface area contributed by atoms with Gasteiger partial charge >= 0.3 is 0 Å². The van der Waals surface area contributed by atoms with Crippen molar-refractivity contribution in [3.8, 4) is 11.4 Å². The molecule has 1 aliphatic heterocycles. The van der Waals surface area contributed by atoms with E-state index in [1.165, 1.54) is 0 Å². The molecule has 11 heteroatoms. The van der Waals surface area contributed by atoms with E-state index in [4.69, 9.17) is 10.1 Å². The number of carbonyl (C=O) groups is 4. The van der Waals surface area contributed by atoms with Crippen LogP contribution in [0.5, 0.6) is 0 Å². The molecule has 2 aromatic heterocycles. The minimum absolute atomic E-state index is 0.0626. The number of ketones is 1. The summed E-state index contributed by atoms with van der Waals surface area (Å²) in [6.45, 7) is 6.97. The van der Waals surface area contributed by atoms with E-state index < -0.39 is 12.1 Å². The number of benzene rings is 2. The summed E-state index contributed by atoms with van der Waals surface area (Å²) in [6, 6.07) is 16.2. The Morgan fingerprint density at radius 3 is 2.45 bits per heavy atom. The van der Waals surface area contributed by atoms with Crippen molar-refractivity contribution in [3.05, 3.63) is 72.2 Å². The average molecular weight is 638 g/mol. The van der Waals surface area contributed by atoms with Crippen molar-refractivity contribution in [1.29, 1.82) is 0 Å². The molecule has 47 heavy (non-hydrogen) atoms. The van der Waals surface area contributed by atoms with Crippen LogP contribution in [0.3, 0.4) is 0 Å². The monoisotopic (exact) mass is 637 g/mol. The van der Waals surface area contributed by atoms with Gasteiger partial charge in [0, 0.05) is 53.7 Å². The first-order valence-corrected chi connectivity index (χ1v) is 16.7. The maximum absolute atomic E-state index is 14.0. The summed E-state index contributed by atoms with van der Waals surface area (Å²) >= 11 is 0. The van der Waals surface area contributed by atoms with Gasteiger partial charge in [-0.05, 0) is 44.6 Å². The molecule has 2 aromatic carbocycles. The second-order valence-electron chi connectivity index (χ2n) is 13.2. The molecule has 4 aromatic rings. The fraction of sp³-hybridized carbons (Fsp3) is 0.444. The number of para-hydroxylation sites is 1. The Labute approximate surface area is 274 Å². The van der Waals surface area contributed by atoms with E-state index in [-0.39, 0.29) is 48.3 Å². The molecule has 0 radical (unpaired) electrons. The van der Waals surface area contributed by atoms with Crippen LogP contribution in [0.2, 0.25) is 0 Å². The van der Waals surface area contributed by atoms with E-state index in [2.05, 4.69) is 10.6 Å². The van der Waals surface area contributed by atoms with E-state index >= 15 is 0 Å². The molecule has 1 fully saturated rings. The van der Waals surface area contributed by atoms with Crippen molar-refractivity contribution in [2.24, 2.45) is 11.8 Å². The number of fused-ring (bicyclic) bond motifs is 2. The SMILES string of the molecule is CC(C)C[C@H]1NC(=O)CCCN(C(=O)Cn2cc(C(=O)C3CC3)c3ccccc32)CCn2nc(-c3ccccc3)nc2[C@@H](C)NC1=O. The maximum Gasteiger partial charge on any atom is 0.243 e. The lowest BCUT2D eigenvalue weighted by molar-refractivity contribution is -0.132. The largest absolute Gasteiger partial charge is 0.345 e. The van der Waals surface area contributed by atoms with Gasteiger partial charge in [-0.2, -0.15) is 5.10 Å². The van der Waals surface area contributed by atoms with Crippen LogP contribution in [0.1, 0.15) is 75.1 Å². The van der Waals surface area contributed by atoms with Crippen LogP contribution < -0.4 is 10.6 Å². The van der Waals surface area contributed by atoms with Gasteiger partial charge in [0.25, 0.3) is 0 Å². The molecule has 1 saturated carbocycles. The number of nitrogens with one attached hydrogen (secondary N) is 2. The van der Waals surface area contributed by atoms with Crippen molar-refractivity contribution < 1.29 is 19.2 Å². The summed E-state index contributed by atoms with van der Waals surface area (Å²) in [4.78, 5) is 60.1. The molecular weight excluding hydrogens is 594 g/mol. The zero-order chi connectivity index (χ0) is 33.1. The Morgan fingerprint density at radius 2 is 1.70 bits per heavy atom. The number of rotatable bonds is 7. The van der Waals surface area contributed by atoms with E-state index in [1.54, 1.807) is 9.58 Å². The number of hydrogen-bond donors (Lipinski definition) is 2. The van der Waals surface area contributed by atoms with Crippen LogP contribution >= 0.6 is 0 Å². The summed E-state index contributed by atoms with van der Waals surface area (Å²) < 4.78 is 3.64. The fourth-order valence-electron chi connectivity index (χ4n) is 6.29. The van der Waals surface area contributed by atoms with Crippen LogP contribution in [0.15, 0.2) is 60.8 Å². The molecular formula is C36H43N7O4. The number of carbonyl (C=O) groups excluding carboxylic acids is 4. The Hall–Kier alpha value is -4.80. The quantitative estimate of drug-likeness (QED) is 0.287. The Bertz CT molecular complexity index is 1770. The van der Waals surface area contributed by atoms with E-state index in [0.29, 0.717) is 49.7 Å². The number of hydrogen-bond acceptors (Lipinski definition) is 6. The van der Waals surface area contributed by atoms with Crippen LogP contribution in [-0.4, -0.2) is 66.9 Å². The summed E-state index contributed by atoms with van der Waals surface area (Å²) in [7, 11) is 0.